The number of hydrogen-bond donors (Lipinski definition) is 0. The molecule has 0 aromatic carbocycles. The minimum Gasteiger partial charge on any atom is -0.326 e. The lowest BCUT2D eigenvalue weighted by Gasteiger charge is -2.35. The van der Waals surface area contributed by atoms with E-state index in [0.29, 0.717) is 6.04 Å². The van der Waals surface area contributed by atoms with Crippen molar-refractivity contribution in [3.8, 4) is 0 Å². The number of likely N-dealkylation sites (tertiary alicyclic amines) is 1. The van der Waals surface area contributed by atoms with Crippen LogP contribution in [0, 0.1) is 0 Å². The molecule has 0 saturated carbocycles. The molecule has 0 unspecified atom stereocenters. The largest absolute Gasteiger partial charge is 0.329 e. The van der Waals surface area contributed by atoms with Crippen LogP contribution in [0.2, 0.25) is 0 Å². The fourth-order valence-corrected chi connectivity index (χ4v) is 2.59. The zero-order chi connectivity index (χ0) is 14.5. The van der Waals surface area contributed by atoms with Gasteiger partial charge in [-0.3, -0.25) is 4.57 Å². The molecule has 1 fully saturated rings. The number of carbonyl (C=O) groups is 1. The third kappa shape index (κ3) is 3.80. The van der Waals surface area contributed by atoms with E-state index in [1.807, 2.05) is 7.05 Å². The Morgan fingerprint density at radius 3 is 2.60 bits per heavy atom. The lowest BCUT2D eigenvalue weighted by Crippen LogP contribution is -2.45. The first kappa shape index (κ1) is 15.0. The van der Waals surface area contributed by atoms with Crippen LogP contribution < -0.4 is 0 Å². The highest BCUT2D eigenvalue weighted by Crippen LogP contribution is 2.13. The van der Waals surface area contributed by atoms with Crippen molar-refractivity contribution in [1.82, 2.24) is 24.3 Å². The van der Waals surface area contributed by atoms with Crippen molar-refractivity contribution in [3.05, 3.63) is 18.7 Å². The average Bonchev–Trinajstić information content (AvgIpc) is 2.98. The molecule has 0 spiro atoms. The molecule has 0 aliphatic carbocycles. The second-order valence-corrected chi connectivity index (χ2v) is 5.69. The topological polar surface area (TPSA) is 44.6 Å². The Hall–Kier alpha value is -1.40. The number of likely N-dealkylation sites (N-methyl/N-ethyl adjacent to an activating group) is 2. The van der Waals surface area contributed by atoms with Gasteiger partial charge in [-0.05, 0) is 40.0 Å². The van der Waals surface area contributed by atoms with Crippen molar-refractivity contribution in [3.63, 3.8) is 0 Å². The van der Waals surface area contributed by atoms with Gasteiger partial charge in [-0.15, -0.1) is 0 Å². The van der Waals surface area contributed by atoms with Crippen LogP contribution in [0.5, 0.6) is 0 Å². The summed E-state index contributed by atoms with van der Waals surface area (Å²) in [6, 6.07) is 0.613. The normalized spacial score (nSPS) is 17.6. The first-order valence-electron chi connectivity index (χ1n) is 7.20. The third-order valence-electron chi connectivity index (χ3n) is 4.15. The molecule has 1 aliphatic heterocycles. The van der Waals surface area contributed by atoms with Gasteiger partial charge in [0.15, 0.2) is 0 Å². The van der Waals surface area contributed by atoms with Gasteiger partial charge in [0.05, 0.1) is 0 Å². The quantitative estimate of drug-likeness (QED) is 0.818. The third-order valence-corrected chi connectivity index (χ3v) is 4.15. The number of nitrogens with zero attached hydrogens (tertiary/aromatic N) is 5. The first-order chi connectivity index (χ1) is 9.58. The molecule has 112 valence electrons. The van der Waals surface area contributed by atoms with Crippen LogP contribution in [0.1, 0.15) is 12.8 Å². The molecule has 0 atom stereocenters. The van der Waals surface area contributed by atoms with Crippen molar-refractivity contribution in [2.24, 2.45) is 0 Å². The van der Waals surface area contributed by atoms with E-state index in [9.17, 15) is 4.79 Å². The predicted octanol–water partition coefficient (Wildman–Crippen LogP) is 0.809. The van der Waals surface area contributed by atoms with Gasteiger partial charge in [0.1, 0.15) is 6.33 Å². The van der Waals surface area contributed by atoms with E-state index >= 15 is 0 Å². The van der Waals surface area contributed by atoms with Crippen LogP contribution in [0.3, 0.4) is 0 Å². The lowest BCUT2D eigenvalue weighted by atomic mass is 10.0. The Bertz CT molecular complexity index is 411. The molecule has 1 aliphatic rings. The summed E-state index contributed by atoms with van der Waals surface area (Å²) in [7, 11) is 6.17. The number of rotatable bonds is 4. The summed E-state index contributed by atoms with van der Waals surface area (Å²) in [6.07, 6.45) is 7.27. The summed E-state index contributed by atoms with van der Waals surface area (Å²) in [6.45, 7) is 3.97. The van der Waals surface area contributed by atoms with Crippen LogP contribution in [-0.4, -0.2) is 83.6 Å². The summed E-state index contributed by atoms with van der Waals surface area (Å²) in [5.41, 5.74) is 0. The summed E-state index contributed by atoms with van der Waals surface area (Å²) in [5.74, 6) is 0. The smallest absolute Gasteiger partial charge is 0.326 e. The predicted molar refractivity (Wildman–Crippen MR) is 78.8 cm³/mol. The van der Waals surface area contributed by atoms with Crippen LogP contribution in [0.4, 0.5) is 4.79 Å². The molecular formula is C14H25N5O. The van der Waals surface area contributed by atoms with Gasteiger partial charge in [-0.2, -0.15) is 0 Å². The second kappa shape index (κ2) is 6.85. The Morgan fingerprint density at radius 1 is 1.30 bits per heavy atom. The highest BCUT2D eigenvalue weighted by Gasteiger charge is 2.21. The Morgan fingerprint density at radius 2 is 2.00 bits per heavy atom. The minimum absolute atomic E-state index is 0.0284. The number of hydrogen-bond acceptors (Lipinski definition) is 4. The van der Waals surface area contributed by atoms with Crippen LogP contribution in [0.25, 0.3) is 0 Å². The molecule has 6 heteroatoms. The van der Waals surface area contributed by atoms with Gasteiger partial charge in [0.25, 0.3) is 0 Å². The van der Waals surface area contributed by atoms with Crippen LogP contribution >= 0.6 is 0 Å². The first-order valence-corrected chi connectivity index (χ1v) is 7.20. The van der Waals surface area contributed by atoms with Crippen molar-refractivity contribution >= 4 is 6.03 Å². The number of imidazole rings is 1. The summed E-state index contributed by atoms with van der Waals surface area (Å²) in [4.78, 5) is 22.5. The fraction of sp³-hybridized carbons (Fsp3) is 0.714. The molecule has 1 saturated heterocycles. The molecule has 1 aromatic heterocycles. The molecule has 0 N–H and O–H groups in total. The molecule has 20 heavy (non-hydrogen) atoms. The minimum atomic E-state index is -0.0284. The second-order valence-electron chi connectivity index (χ2n) is 5.69. The van der Waals surface area contributed by atoms with Gasteiger partial charge in [-0.1, -0.05) is 0 Å². The van der Waals surface area contributed by atoms with Crippen molar-refractivity contribution in [2.75, 3.05) is 47.3 Å². The van der Waals surface area contributed by atoms with E-state index in [2.05, 4.69) is 28.9 Å². The Balaban J connectivity index is 1.75. The van der Waals surface area contributed by atoms with Crippen LogP contribution in [0.15, 0.2) is 18.7 Å². The highest BCUT2D eigenvalue weighted by atomic mass is 16.2. The molecular weight excluding hydrogens is 254 g/mol. The zero-order valence-corrected chi connectivity index (χ0v) is 12.7. The Labute approximate surface area is 121 Å². The van der Waals surface area contributed by atoms with Crippen molar-refractivity contribution < 1.29 is 4.79 Å². The van der Waals surface area contributed by atoms with Gasteiger partial charge < -0.3 is 14.7 Å². The van der Waals surface area contributed by atoms with E-state index < -0.39 is 0 Å². The molecule has 1 amide bonds. The number of amides is 1. The number of piperidine rings is 1. The molecule has 1 aromatic rings. The van der Waals surface area contributed by atoms with Crippen molar-refractivity contribution in [2.45, 2.75) is 18.9 Å². The maximum absolute atomic E-state index is 12.1. The molecule has 2 rings (SSSR count). The average molecular weight is 279 g/mol. The van der Waals surface area contributed by atoms with Gasteiger partial charge in [0, 0.05) is 38.6 Å². The van der Waals surface area contributed by atoms with Gasteiger partial charge >= 0.3 is 6.03 Å². The van der Waals surface area contributed by atoms with Crippen LogP contribution in [-0.2, 0) is 0 Å². The van der Waals surface area contributed by atoms with E-state index in [1.165, 1.54) is 30.5 Å². The number of carbonyl (C=O) groups excluding carboxylic acids is 1. The molecule has 0 radical (unpaired) electrons. The maximum atomic E-state index is 12.1. The highest BCUT2D eigenvalue weighted by molar-refractivity contribution is 5.76. The van der Waals surface area contributed by atoms with Gasteiger partial charge in [-0.25, -0.2) is 9.78 Å². The van der Waals surface area contributed by atoms with E-state index in [1.54, 1.807) is 23.6 Å². The van der Waals surface area contributed by atoms with Gasteiger partial charge in [0.2, 0.25) is 0 Å². The molecule has 6 nitrogen and oxygen atoms in total. The standard InChI is InChI=1S/C14H25N5O/c1-16-7-4-13(5-8-16)17(2)10-11-18(3)14(20)19-9-6-15-12-19/h6,9,12-13H,4-5,7-8,10-11H2,1-3H3. The monoisotopic (exact) mass is 279 g/mol. The Kier molecular flexibility index (Phi) is 5.14. The summed E-state index contributed by atoms with van der Waals surface area (Å²) in [5, 5.41) is 0. The zero-order valence-electron chi connectivity index (χ0n) is 12.7. The van der Waals surface area contributed by atoms with E-state index in [4.69, 9.17) is 0 Å². The SMILES string of the molecule is CN1CCC(N(C)CCN(C)C(=O)n2ccnc2)CC1. The molecule has 2 heterocycles. The van der Waals surface area contributed by atoms with Crippen molar-refractivity contribution in [1.29, 1.82) is 0 Å². The fourth-order valence-electron chi connectivity index (χ4n) is 2.59. The summed E-state index contributed by atoms with van der Waals surface area (Å²) >= 11 is 0. The van der Waals surface area contributed by atoms with E-state index in [0.717, 1.165) is 13.1 Å². The van der Waals surface area contributed by atoms with E-state index in [-0.39, 0.29) is 6.03 Å². The number of aromatic nitrogens is 2. The summed E-state index contributed by atoms with van der Waals surface area (Å²) < 4.78 is 1.51. The maximum Gasteiger partial charge on any atom is 0.329 e. The lowest BCUT2D eigenvalue weighted by molar-refractivity contribution is 0.135. The molecule has 0 bridgehead atoms.